The molecule has 2 aliphatic rings. The molecule has 2 heterocycles. The summed E-state index contributed by atoms with van der Waals surface area (Å²) >= 11 is 3.92. The summed E-state index contributed by atoms with van der Waals surface area (Å²) in [6.07, 6.45) is 3.86. The van der Waals surface area contributed by atoms with Crippen molar-refractivity contribution < 1.29 is 0 Å². The van der Waals surface area contributed by atoms with Crippen molar-refractivity contribution in [2.24, 2.45) is 0 Å². The van der Waals surface area contributed by atoms with Crippen molar-refractivity contribution in [2.45, 2.75) is 42.7 Å². The molecular weight excluding hydrogens is 372 g/mol. The van der Waals surface area contributed by atoms with Crippen LogP contribution in [-0.4, -0.2) is 39.8 Å². The fourth-order valence-corrected chi connectivity index (χ4v) is 5.52. The number of likely N-dealkylation sites (tertiary alicyclic amines) is 2. The number of hydrogen-bond donors (Lipinski definition) is 0. The van der Waals surface area contributed by atoms with E-state index in [0.29, 0.717) is 10.4 Å². The van der Waals surface area contributed by atoms with E-state index in [9.17, 15) is 0 Å². The molecule has 132 valence electrons. The van der Waals surface area contributed by atoms with Gasteiger partial charge in [-0.1, -0.05) is 76.6 Å². The molecule has 0 N–H and O–H groups in total. The lowest BCUT2D eigenvalue weighted by Gasteiger charge is -2.45. The topological polar surface area (TPSA) is 6.48 Å². The van der Waals surface area contributed by atoms with Gasteiger partial charge in [-0.2, -0.15) is 0 Å². The van der Waals surface area contributed by atoms with Crippen LogP contribution in [0.15, 0.2) is 60.7 Å². The maximum atomic E-state index is 3.92. The molecule has 2 fully saturated rings. The number of alkyl halides is 1. The van der Waals surface area contributed by atoms with Crippen LogP contribution in [0.2, 0.25) is 0 Å². The highest BCUT2D eigenvalue weighted by Gasteiger charge is 2.46. The van der Waals surface area contributed by atoms with Crippen molar-refractivity contribution in [3.63, 3.8) is 0 Å². The molecule has 25 heavy (non-hydrogen) atoms. The molecule has 0 amide bonds. The molecule has 0 radical (unpaired) electrons. The second kappa shape index (κ2) is 7.61. The Morgan fingerprint density at radius 3 is 2.00 bits per heavy atom. The van der Waals surface area contributed by atoms with Gasteiger partial charge >= 0.3 is 0 Å². The third-order valence-electron chi connectivity index (χ3n) is 5.94. The lowest BCUT2D eigenvalue weighted by atomic mass is 9.84. The first kappa shape index (κ1) is 17.3. The average Bonchev–Trinajstić information content (AvgIpc) is 2.94. The molecule has 0 bridgehead atoms. The molecule has 1 atom stereocenters. The van der Waals surface area contributed by atoms with Crippen molar-refractivity contribution in [1.82, 2.24) is 9.80 Å². The predicted octanol–water partition coefficient (Wildman–Crippen LogP) is 4.69. The molecule has 0 aliphatic carbocycles. The Bertz CT molecular complexity index is 665. The van der Waals surface area contributed by atoms with Crippen LogP contribution in [0, 0.1) is 0 Å². The smallest absolute Gasteiger partial charge is 0.0291 e. The zero-order chi connectivity index (χ0) is 17.1. The number of piperidine rings is 1. The third-order valence-corrected chi connectivity index (χ3v) is 6.56. The summed E-state index contributed by atoms with van der Waals surface area (Å²) in [5.41, 5.74) is 3.26. The van der Waals surface area contributed by atoms with Crippen molar-refractivity contribution in [2.75, 3.05) is 19.6 Å². The zero-order valence-electron chi connectivity index (χ0n) is 14.8. The van der Waals surface area contributed by atoms with Gasteiger partial charge in [0.1, 0.15) is 0 Å². The van der Waals surface area contributed by atoms with Crippen LogP contribution >= 0.6 is 15.9 Å². The molecule has 0 unspecified atom stereocenters. The Balaban J connectivity index is 1.41. The molecule has 2 aliphatic heterocycles. The minimum atomic E-state index is 0.386. The normalized spacial score (nSPS) is 24.0. The van der Waals surface area contributed by atoms with E-state index in [2.05, 4.69) is 86.4 Å². The SMILES string of the molecule is Br[C@H]1CN(Cc2ccccc2)C2(CCN(Cc3ccccc3)CC2)C1. The summed E-state index contributed by atoms with van der Waals surface area (Å²) in [6.45, 7) is 5.77. The zero-order valence-corrected chi connectivity index (χ0v) is 16.4. The molecule has 1 spiro atoms. The Kier molecular flexibility index (Phi) is 5.25. The first-order valence-electron chi connectivity index (χ1n) is 9.43. The van der Waals surface area contributed by atoms with Gasteiger partial charge in [0, 0.05) is 43.1 Å². The van der Waals surface area contributed by atoms with E-state index in [4.69, 9.17) is 0 Å². The third kappa shape index (κ3) is 3.99. The van der Waals surface area contributed by atoms with Crippen LogP contribution in [0.5, 0.6) is 0 Å². The second-order valence-electron chi connectivity index (χ2n) is 7.65. The summed E-state index contributed by atoms with van der Waals surface area (Å²) in [5.74, 6) is 0. The van der Waals surface area contributed by atoms with Crippen LogP contribution in [0.3, 0.4) is 0 Å². The Morgan fingerprint density at radius 2 is 1.40 bits per heavy atom. The molecule has 2 aromatic rings. The summed E-state index contributed by atoms with van der Waals surface area (Å²) in [6, 6.07) is 21.8. The van der Waals surface area contributed by atoms with Gasteiger partial charge in [0.05, 0.1) is 0 Å². The highest BCUT2D eigenvalue weighted by atomic mass is 79.9. The summed E-state index contributed by atoms with van der Waals surface area (Å²) in [5, 5.41) is 0. The van der Waals surface area contributed by atoms with Crippen LogP contribution < -0.4 is 0 Å². The van der Waals surface area contributed by atoms with E-state index in [0.717, 1.165) is 13.1 Å². The maximum Gasteiger partial charge on any atom is 0.0291 e. The Labute approximate surface area is 160 Å². The van der Waals surface area contributed by atoms with E-state index < -0.39 is 0 Å². The number of nitrogens with zero attached hydrogens (tertiary/aromatic N) is 2. The highest BCUT2D eigenvalue weighted by Crippen LogP contribution is 2.42. The number of benzene rings is 2. The monoisotopic (exact) mass is 398 g/mol. The van der Waals surface area contributed by atoms with E-state index in [1.165, 1.54) is 50.0 Å². The first-order valence-corrected chi connectivity index (χ1v) is 10.3. The van der Waals surface area contributed by atoms with Gasteiger partial charge in [0.15, 0.2) is 0 Å². The molecular formula is C22H27BrN2. The van der Waals surface area contributed by atoms with Gasteiger partial charge < -0.3 is 0 Å². The van der Waals surface area contributed by atoms with Gasteiger partial charge in [-0.15, -0.1) is 0 Å². The Morgan fingerprint density at radius 1 is 0.840 bits per heavy atom. The largest absolute Gasteiger partial charge is 0.299 e. The van der Waals surface area contributed by atoms with Crippen molar-refractivity contribution >= 4 is 15.9 Å². The van der Waals surface area contributed by atoms with Crippen LogP contribution in [-0.2, 0) is 13.1 Å². The molecule has 0 aromatic heterocycles. The molecule has 0 saturated carbocycles. The lowest BCUT2D eigenvalue weighted by Crippen LogP contribution is -2.51. The van der Waals surface area contributed by atoms with Crippen LogP contribution in [0.25, 0.3) is 0 Å². The number of rotatable bonds is 4. The van der Waals surface area contributed by atoms with Gasteiger partial charge in [-0.05, 0) is 30.4 Å². The summed E-state index contributed by atoms with van der Waals surface area (Å²) in [7, 11) is 0. The predicted molar refractivity (Wildman–Crippen MR) is 108 cm³/mol. The van der Waals surface area contributed by atoms with Crippen molar-refractivity contribution in [3.05, 3.63) is 71.8 Å². The van der Waals surface area contributed by atoms with E-state index >= 15 is 0 Å². The van der Waals surface area contributed by atoms with Crippen LogP contribution in [0.1, 0.15) is 30.4 Å². The molecule has 3 heteroatoms. The molecule has 2 nitrogen and oxygen atoms in total. The van der Waals surface area contributed by atoms with E-state index in [1.54, 1.807) is 0 Å². The fraction of sp³-hybridized carbons (Fsp3) is 0.455. The second-order valence-corrected chi connectivity index (χ2v) is 8.95. The van der Waals surface area contributed by atoms with Crippen molar-refractivity contribution in [3.8, 4) is 0 Å². The quantitative estimate of drug-likeness (QED) is 0.689. The minimum absolute atomic E-state index is 0.386. The standard InChI is InChI=1S/C22H27BrN2/c23-21-15-22(25(18-21)17-20-9-5-2-6-10-20)11-13-24(14-12-22)16-19-7-3-1-4-8-19/h1-10,21H,11-18H2/t21-/m1/s1. The first-order chi connectivity index (χ1) is 12.2. The molecule has 2 saturated heterocycles. The van der Waals surface area contributed by atoms with E-state index in [1.807, 2.05) is 0 Å². The molecule has 2 aromatic carbocycles. The van der Waals surface area contributed by atoms with Gasteiger partial charge in [-0.3, -0.25) is 9.80 Å². The Hall–Kier alpha value is -1.16. The van der Waals surface area contributed by atoms with Crippen LogP contribution in [0.4, 0.5) is 0 Å². The van der Waals surface area contributed by atoms with Crippen molar-refractivity contribution in [1.29, 1.82) is 0 Å². The molecule has 4 rings (SSSR count). The fourth-order valence-electron chi connectivity index (χ4n) is 4.56. The van der Waals surface area contributed by atoms with Gasteiger partial charge in [0.25, 0.3) is 0 Å². The highest BCUT2D eigenvalue weighted by molar-refractivity contribution is 9.09. The van der Waals surface area contributed by atoms with Gasteiger partial charge in [-0.25, -0.2) is 0 Å². The summed E-state index contributed by atoms with van der Waals surface area (Å²) in [4.78, 5) is 6.02. The summed E-state index contributed by atoms with van der Waals surface area (Å²) < 4.78 is 0. The minimum Gasteiger partial charge on any atom is -0.299 e. The van der Waals surface area contributed by atoms with Gasteiger partial charge in [0.2, 0.25) is 0 Å². The van der Waals surface area contributed by atoms with E-state index in [-0.39, 0.29) is 0 Å². The lowest BCUT2D eigenvalue weighted by molar-refractivity contribution is 0.0450. The number of halogens is 1. The number of hydrogen-bond acceptors (Lipinski definition) is 2. The average molecular weight is 399 g/mol. The maximum absolute atomic E-state index is 3.92.